The van der Waals surface area contributed by atoms with Gasteiger partial charge in [-0.25, -0.2) is 14.4 Å². The first-order valence-corrected chi connectivity index (χ1v) is 10.5. The highest BCUT2D eigenvalue weighted by Gasteiger charge is 2.30. The Kier molecular flexibility index (Phi) is 11.6. The Balaban J connectivity index is 3.16. The maximum Gasteiger partial charge on any atom is 0.513 e. The van der Waals surface area contributed by atoms with E-state index in [0.29, 0.717) is 5.56 Å². The quantitative estimate of drug-likeness (QED) is 0.266. The number of hydrogen-bond acceptors (Lipinski definition) is 11. The van der Waals surface area contributed by atoms with Gasteiger partial charge in [0.05, 0.1) is 20.8 Å². The lowest BCUT2D eigenvalue weighted by Gasteiger charge is -2.25. The van der Waals surface area contributed by atoms with E-state index in [4.69, 9.17) is 24.7 Å². The van der Waals surface area contributed by atoms with Gasteiger partial charge >= 0.3 is 24.4 Å². The Bertz CT molecular complexity index is 857. The average molecular weight is 485 g/mol. The minimum absolute atomic E-state index is 0.000762. The lowest BCUT2D eigenvalue weighted by Crippen LogP contribution is -2.38. The van der Waals surface area contributed by atoms with Gasteiger partial charge in [0.1, 0.15) is 12.1 Å². The Morgan fingerprint density at radius 1 is 0.971 bits per heavy atom. The Morgan fingerprint density at radius 2 is 1.56 bits per heavy atom. The monoisotopic (exact) mass is 485 g/mol. The van der Waals surface area contributed by atoms with Gasteiger partial charge < -0.3 is 39.3 Å². The van der Waals surface area contributed by atoms with E-state index in [-0.39, 0.29) is 30.4 Å². The molecule has 0 heterocycles. The zero-order valence-corrected chi connectivity index (χ0v) is 19.8. The van der Waals surface area contributed by atoms with Crippen LogP contribution in [0.25, 0.3) is 0 Å². The maximum absolute atomic E-state index is 12.0. The highest BCUT2D eigenvalue weighted by atomic mass is 16.7. The molecule has 0 saturated heterocycles. The lowest BCUT2D eigenvalue weighted by molar-refractivity contribution is -0.139. The normalized spacial score (nSPS) is 14.1. The summed E-state index contributed by atoms with van der Waals surface area (Å²) in [5.41, 5.74) is 6.21. The fourth-order valence-electron chi connectivity index (χ4n) is 2.78. The number of carboxylic acids is 1. The van der Waals surface area contributed by atoms with Gasteiger partial charge in [0.2, 0.25) is 0 Å². The van der Waals surface area contributed by atoms with Crippen LogP contribution in [-0.2, 0) is 23.7 Å². The summed E-state index contributed by atoms with van der Waals surface area (Å²) < 4.78 is 29.1. The zero-order valence-electron chi connectivity index (χ0n) is 19.8. The van der Waals surface area contributed by atoms with Crippen molar-refractivity contribution in [1.29, 1.82) is 0 Å². The second-order valence-corrected chi connectivity index (χ2v) is 7.53. The lowest BCUT2D eigenvalue weighted by atomic mass is 9.87. The van der Waals surface area contributed by atoms with Crippen molar-refractivity contribution in [2.45, 2.75) is 51.7 Å². The Labute approximate surface area is 197 Å². The molecule has 0 spiro atoms. The van der Waals surface area contributed by atoms with Gasteiger partial charge in [0, 0.05) is 5.92 Å². The third-order valence-electron chi connectivity index (χ3n) is 4.90. The van der Waals surface area contributed by atoms with Crippen LogP contribution in [0, 0.1) is 5.92 Å². The molecule has 1 aromatic carbocycles. The van der Waals surface area contributed by atoms with E-state index in [9.17, 15) is 24.3 Å². The Morgan fingerprint density at radius 3 is 2.09 bits per heavy atom. The van der Waals surface area contributed by atoms with E-state index >= 15 is 0 Å². The number of hydrogen-bond donors (Lipinski definition) is 2. The molecule has 12 heteroatoms. The molecule has 0 fully saturated rings. The smallest absolute Gasteiger partial charge is 0.480 e. The number of nitrogens with two attached hydrogens (primary N) is 1. The molecule has 0 radical (unpaired) electrons. The molecule has 34 heavy (non-hydrogen) atoms. The van der Waals surface area contributed by atoms with Crippen molar-refractivity contribution in [2.24, 2.45) is 11.7 Å². The first kappa shape index (κ1) is 28.5. The number of ether oxygens (including phenoxy) is 6. The minimum Gasteiger partial charge on any atom is -0.480 e. The number of aliphatic carboxylic acids is 1. The van der Waals surface area contributed by atoms with Gasteiger partial charge in [-0.15, -0.1) is 0 Å². The number of benzene rings is 1. The molecule has 0 saturated carbocycles. The van der Waals surface area contributed by atoms with Crippen LogP contribution in [0.1, 0.15) is 45.1 Å². The van der Waals surface area contributed by atoms with Crippen LogP contribution in [0.15, 0.2) is 18.2 Å². The maximum atomic E-state index is 12.0. The van der Waals surface area contributed by atoms with Crippen molar-refractivity contribution in [3.8, 4) is 11.5 Å². The third-order valence-corrected chi connectivity index (χ3v) is 4.90. The van der Waals surface area contributed by atoms with Crippen LogP contribution >= 0.6 is 0 Å². The third kappa shape index (κ3) is 9.14. The number of rotatable bonds is 11. The van der Waals surface area contributed by atoms with Crippen LogP contribution in [0.5, 0.6) is 11.5 Å². The SMILES string of the molecule is CCC(C)COC(=O)OC(C)CC(c1ccc(OC(=O)OC)c(OC(=O)OC)c1)[C@H](N)C(=O)O. The molecule has 0 amide bonds. The van der Waals surface area contributed by atoms with Crippen molar-refractivity contribution < 1.29 is 52.7 Å². The summed E-state index contributed by atoms with van der Waals surface area (Å²) >= 11 is 0. The summed E-state index contributed by atoms with van der Waals surface area (Å²) in [6.45, 7) is 5.63. The summed E-state index contributed by atoms with van der Waals surface area (Å²) in [5, 5.41) is 9.49. The number of carbonyl (C=O) groups excluding carboxylic acids is 3. The van der Waals surface area contributed by atoms with E-state index in [2.05, 4.69) is 9.47 Å². The molecule has 0 aliphatic carbocycles. The van der Waals surface area contributed by atoms with Crippen LogP contribution < -0.4 is 15.2 Å². The molecule has 0 bridgehead atoms. The van der Waals surface area contributed by atoms with Crippen molar-refractivity contribution >= 4 is 24.4 Å². The highest BCUT2D eigenvalue weighted by Crippen LogP contribution is 2.35. The molecular weight excluding hydrogens is 454 g/mol. The van der Waals surface area contributed by atoms with Gasteiger partial charge in [-0.2, -0.15) is 0 Å². The number of carboxylic acid groups (broad SMARTS) is 1. The summed E-state index contributed by atoms with van der Waals surface area (Å²) in [6, 6.07) is 2.58. The highest BCUT2D eigenvalue weighted by molar-refractivity contribution is 5.75. The van der Waals surface area contributed by atoms with Crippen molar-refractivity contribution in [3.63, 3.8) is 0 Å². The van der Waals surface area contributed by atoms with E-state index < -0.39 is 42.5 Å². The van der Waals surface area contributed by atoms with Crippen LogP contribution in [0.3, 0.4) is 0 Å². The molecule has 1 rings (SSSR count). The molecule has 1 aromatic rings. The van der Waals surface area contributed by atoms with E-state index in [1.165, 1.54) is 18.2 Å². The molecule has 0 aliphatic rings. The second kappa shape index (κ2) is 13.9. The molecule has 0 aromatic heterocycles. The second-order valence-electron chi connectivity index (χ2n) is 7.53. The molecule has 4 atom stereocenters. The molecule has 3 N–H and O–H groups in total. The van der Waals surface area contributed by atoms with Gasteiger partial charge in [-0.3, -0.25) is 4.79 Å². The van der Waals surface area contributed by atoms with Gasteiger partial charge in [0.15, 0.2) is 11.5 Å². The molecule has 190 valence electrons. The fourth-order valence-corrected chi connectivity index (χ4v) is 2.78. The van der Waals surface area contributed by atoms with Crippen LogP contribution in [0.4, 0.5) is 14.4 Å². The van der Waals surface area contributed by atoms with Crippen LogP contribution in [0.2, 0.25) is 0 Å². The predicted octanol–water partition coefficient (Wildman–Crippen LogP) is 3.45. The Hall–Kier alpha value is -3.54. The minimum atomic E-state index is -1.40. The predicted molar refractivity (Wildman–Crippen MR) is 117 cm³/mol. The molecule has 12 nitrogen and oxygen atoms in total. The average Bonchev–Trinajstić information content (AvgIpc) is 2.81. The molecule has 3 unspecified atom stereocenters. The molecule has 0 aliphatic heterocycles. The van der Waals surface area contributed by atoms with E-state index in [0.717, 1.165) is 20.6 Å². The van der Waals surface area contributed by atoms with E-state index in [1.807, 2.05) is 13.8 Å². The molecular formula is C22H31NO11. The van der Waals surface area contributed by atoms with Gasteiger partial charge in [-0.1, -0.05) is 26.3 Å². The number of methoxy groups -OCH3 is 2. The first-order chi connectivity index (χ1) is 16.0. The summed E-state index contributed by atoms with van der Waals surface area (Å²) in [6.07, 6.45) is -3.00. The van der Waals surface area contributed by atoms with Gasteiger partial charge in [-0.05, 0) is 37.0 Å². The topological polar surface area (TPSA) is 170 Å². The van der Waals surface area contributed by atoms with Crippen LogP contribution in [-0.4, -0.2) is 62.5 Å². The standard InChI is InChI=1S/C22H31NO11/c1-6-12(2)11-31-22(28)32-13(3)9-15(18(23)19(24)25)14-7-8-16(33-20(26)29-4)17(10-14)34-21(27)30-5/h7-8,10,12-13,15,18H,6,9,11,23H2,1-5H3,(H,24,25)/t12?,13?,15?,18-/m0/s1. The van der Waals surface area contributed by atoms with E-state index in [1.54, 1.807) is 6.92 Å². The fraction of sp³-hybridized carbons (Fsp3) is 0.545. The summed E-state index contributed by atoms with van der Waals surface area (Å²) in [5.74, 6) is -2.45. The first-order valence-electron chi connectivity index (χ1n) is 10.5. The van der Waals surface area contributed by atoms with Crippen molar-refractivity contribution in [1.82, 2.24) is 0 Å². The summed E-state index contributed by atoms with van der Waals surface area (Å²) in [4.78, 5) is 46.7. The largest absolute Gasteiger partial charge is 0.513 e. The van der Waals surface area contributed by atoms with Crippen molar-refractivity contribution in [3.05, 3.63) is 23.8 Å². The van der Waals surface area contributed by atoms with Crippen molar-refractivity contribution in [2.75, 3.05) is 20.8 Å². The summed E-state index contributed by atoms with van der Waals surface area (Å²) in [7, 11) is 2.17. The zero-order chi connectivity index (χ0) is 25.8. The number of carbonyl (C=O) groups is 4. The van der Waals surface area contributed by atoms with Gasteiger partial charge in [0.25, 0.3) is 0 Å².